The Hall–Kier alpha value is -7.70. The van der Waals surface area contributed by atoms with Crippen molar-refractivity contribution in [3.63, 3.8) is 0 Å². The molecule has 9 heteroatoms. The molecule has 4 heterocycles. The Morgan fingerprint density at radius 3 is 1.03 bits per heavy atom. The third-order valence-corrected chi connectivity index (χ3v) is 10.0. The zero-order valence-electron chi connectivity index (χ0n) is 34.0. The van der Waals surface area contributed by atoms with Crippen LogP contribution in [-0.2, 0) is 20.4 Å². The third-order valence-electron chi connectivity index (χ3n) is 10.0. The first kappa shape index (κ1) is 42.4. The van der Waals surface area contributed by atoms with Gasteiger partial charge in [-0.05, 0) is 84.9 Å². The van der Waals surface area contributed by atoms with Gasteiger partial charge in [0.15, 0.2) is 0 Å². The summed E-state index contributed by atoms with van der Waals surface area (Å²) >= 11 is 0. The van der Waals surface area contributed by atoms with Gasteiger partial charge < -0.3 is 18.1 Å². The van der Waals surface area contributed by atoms with E-state index in [0.717, 1.165) is 79.2 Å². The maximum Gasteiger partial charge on any atom is 0.0934 e. The van der Waals surface area contributed by atoms with E-state index in [9.17, 15) is 0 Å². The molecular weight excluding hydrogens is 855 g/mol. The molecule has 0 aliphatic carbocycles. The summed E-state index contributed by atoms with van der Waals surface area (Å²) in [5.41, 5.74) is 19.3. The van der Waals surface area contributed by atoms with Crippen molar-refractivity contribution in [2.45, 2.75) is 0 Å². The van der Waals surface area contributed by atoms with E-state index in [4.69, 9.17) is 15.9 Å². The summed E-state index contributed by atoms with van der Waals surface area (Å²) in [4.78, 5) is 10.3. The minimum Gasteiger partial charge on any atom is -0.399 e. The Balaban J connectivity index is 0.000000587. The van der Waals surface area contributed by atoms with Gasteiger partial charge >= 0.3 is 0 Å². The molecule has 4 aromatic heterocycles. The largest absolute Gasteiger partial charge is 0.399 e. The van der Waals surface area contributed by atoms with Crippen molar-refractivity contribution in [1.29, 1.82) is 0 Å². The predicted octanol–water partition coefficient (Wildman–Crippen LogP) is 12.7. The molecule has 62 heavy (non-hydrogen) atoms. The van der Waals surface area contributed by atoms with Crippen molar-refractivity contribution < 1.29 is 20.4 Å². The second-order valence-electron chi connectivity index (χ2n) is 14.0. The van der Waals surface area contributed by atoms with Gasteiger partial charge in [-0.25, -0.2) is 9.36 Å². The number of pyridine rings is 2. The van der Waals surface area contributed by atoms with E-state index in [0.29, 0.717) is 0 Å². The molecule has 0 fully saturated rings. The van der Waals surface area contributed by atoms with Crippen LogP contribution in [0, 0.1) is 7.43 Å². The summed E-state index contributed by atoms with van der Waals surface area (Å²) in [6.45, 7) is 0. The smallest absolute Gasteiger partial charge is 0.0934 e. The van der Waals surface area contributed by atoms with Gasteiger partial charge in [-0.3, -0.25) is 9.97 Å². The number of anilines is 4. The van der Waals surface area contributed by atoms with E-state index in [1.54, 1.807) is 24.5 Å². The molecule has 6 aromatic carbocycles. The molecule has 0 atom stereocenters. The summed E-state index contributed by atoms with van der Waals surface area (Å²) < 4.78 is 4.07. The standard InChI is InChI=1S/C47H34N6.C5H6N2.CH3.Pd/c1-5-13-35(14-6-1)44-33-46(37-17-9-3-10-18-37)52(49-44)42-25-21-39(22-26-42)51(41-29-31-48-32-30-41)40-23-27-43(28-24-40)53-47(38-19-11-4-12-20-38)34-45(50-53)36-15-7-2-8-16-36;6-5-1-3-7-4-2-5;;/h1-34H;1-4H,(H2,6,7);1H3;/q;;-1;. The van der Waals surface area contributed by atoms with Crippen molar-refractivity contribution in [3.05, 3.63) is 238 Å². The molecule has 0 spiro atoms. The number of nitrogen functional groups attached to an aromatic ring is 1. The Kier molecular flexibility index (Phi) is 13.7. The molecule has 0 saturated carbocycles. The quantitative estimate of drug-likeness (QED) is 0.115. The fraction of sp³-hybridized carbons (Fsp3) is 0. The number of rotatable bonds is 9. The zero-order chi connectivity index (χ0) is 40.5. The Bertz CT molecular complexity index is 2720. The minimum absolute atomic E-state index is 0. The Labute approximate surface area is 376 Å². The van der Waals surface area contributed by atoms with E-state index >= 15 is 0 Å². The third kappa shape index (κ3) is 9.51. The minimum atomic E-state index is 0. The SMILES string of the molecule is Nc1ccncc1.[CH3-].[Pd].c1ccc(-c2cc(-c3ccccc3)n(-c3ccc(N(c4ccncc4)c4ccc(-n5nc(-c6ccccc6)cc5-c5ccccc5)cc4)cc3)n2)cc1. The number of aromatic nitrogens is 6. The molecule has 0 aliphatic heterocycles. The van der Waals surface area contributed by atoms with E-state index in [2.05, 4.69) is 148 Å². The van der Waals surface area contributed by atoms with Crippen LogP contribution >= 0.6 is 0 Å². The number of nitrogens with two attached hydrogens (primary N) is 1. The van der Waals surface area contributed by atoms with Gasteiger partial charge in [0.25, 0.3) is 0 Å². The second-order valence-corrected chi connectivity index (χ2v) is 14.0. The number of nitrogens with zero attached hydrogens (tertiary/aromatic N) is 7. The van der Waals surface area contributed by atoms with Crippen LogP contribution in [0.15, 0.2) is 231 Å². The van der Waals surface area contributed by atoms with Crippen LogP contribution in [0.2, 0.25) is 0 Å². The second kappa shape index (κ2) is 20.0. The molecule has 0 bridgehead atoms. The normalized spacial score (nSPS) is 10.4. The summed E-state index contributed by atoms with van der Waals surface area (Å²) in [5.74, 6) is 0. The van der Waals surface area contributed by atoms with Gasteiger partial charge in [-0.2, -0.15) is 10.2 Å². The van der Waals surface area contributed by atoms with Crippen LogP contribution in [0.25, 0.3) is 56.4 Å². The van der Waals surface area contributed by atoms with Crippen LogP contribution in [0.3, 0.4) is 0 Å². The van der Waals surface area contributed by atoms with Crippen LogP contribution in [0.1, 0.15) is 0 Å². The molecule has 10 rings (SSSR count). The maximum atomic E-state index is 5.32. The first-order valence-corrected chi connectivity index (χ1v) is 19.7. The van der Waals surface area contributed by atoms with Gasteiger partial charge in [0, 0.05) is 90.2 Å². The topological polar surface area (TPSA) is 90.7 Å². The Morgan fingerprint density at radius 1 is 0.371 bits per heavy atom. The van der Waals surface area contributed by atoms with Gasteiger partial charge in [0.1, 0.15) is 0 Å². The van der Waals surface area contributed by atoms with Crippen molar-refractivity contribution in [2.24, 2.45) is 0 Å². The Morgan fingerprint density at radius 2 is 0.694 bits per heavy atom. The van der Waals surface area contributed by atoms with Crippen LogP contribution in [0.4, 0.5) is 22.7 Å². The van der Waals surface area contributed by atoms with Gasteiger partial charge in [0.05, 0.1) is 34.2 Å². The van der Waals surface area contributed by atoms with Crippen LogP contribution < -0.4 is 10.6 Å². The number of benzene rings is 6. The molecule has 0 saturated heterocycles. The fourth-order valence-electron chi connectivity index (χ4n) is 7.07. The van der Waals surface area contributed by atoms with Crippen molar-refractivity contribution >= 4 is 22.7 Å². The first-order valence-electron chi connectivity index (χ1n) is 19.7. The fourth-order valence-corrected chi connectivity index (χ4v) is 7.07. The summed E-state index contributed by atoms with van der Waals surface area (Å²) in [6, 6.07) is 70.5. The van der Waals surface area contributed by atoms with E-state index in [-0.39, 0.29) is 27.8 Å². The van der Waals surface area contributed by atoms with E-state index < -0.39 is 0 Å². The molecule has 2 N–H and O–H groups in total. The average molecular weight is 898 g/mol. The molecule has 8 nitrogen and oxygen atoms in total. The summed E-state index contributed by atoms with van der Waals surface area (Å²) in [5, 5.41) is 10.2. The molecular formula is C53H43N8Pd-. The van der Waals surface area contributed by atoms with Gasteiger partial charge in [-0.1, -0.05) is 121 Å². The van der Waals surface area contributed by atoms with E-state index in [1.807, 2.05) is 82.4 Å². The average Bonchev–Trinajstić information content (AvgIpc) is 3.99. The molecule has 0 amide bonds. The van der Waals surface area contributed by atoms with E-state index in [1.165, 1.54) is 0 Å². The van der Waals surface area contributed by atoms with Crippen molar-refractivity contribution in [3.8, 4) is 56.4 Å². The van der Waals surface area contributed by atoms with Gasteiger partial charge in [0.2, 0.25) is 0 Å². The van der Waals surface area contributed by atoms with Crippen LogP contribution in [0.5, 0.6) is 0 Å². The number of hydrogen-bond acceptors (Lipinski definition) is 6. The first-order chi connectivity index (χ1) is 29.7. The van der Waals surface area contributed by atoms with Crippen LogP contribution in [-0.4, -0.2) is 29.5 Å². The molecule has 306 valence electrons. The molecule has 10 aromatic rings. The summed E-state index contributed by atoms with van der Waals surface area (Å²) in [7, 11) is 0. The zero-order valence-corrected chi connectivity index (χ0v) is 35.5. The molecule has 0 unspecified atom stereocenters. The van der Waals surface area contributed by atoms with Crippen molar-refractivity contribution in [1.82, 2.24) is 29.5 Å². The van der Waals surface area contributed by atoms with Crippen molar-refractivity contribution in [2.75, 3.05) is 10.6 Å². The van der Waals surface area contributed by atoms with Gasteiger partial charge in [-0.15, -0.1) is 0 Å². The molecule has 0 aliphatic rings. The monoisotopic (exact) mass is 897 g/mol. The summed E-state index contributed by atoms with van der Waals surface area (Å²) in [6.07, 6.45) is 6.98. The molecule has 0 radical (unpaired) electrons. The number of hydrogen-bond donors (Lipinski definition) is 1. The predicted molar refractivity (Wildman–Crippen MR) is 250 cm³/mol. The maximum absolute atomic E-state index is 5.32.